The van der Waals surface area contributed by atoms with Gasteiger partial charge in [0.25, 0.3) is 0 Å². The third-order valence-electron chi connectivity index (χ3n) is 3.48. The summed E-state index contributed by atoms with van der Waals surface area (Å²) in [6.07, 6.45) is 0.755. The molecule has 18 heavy (non-hydrogen) atoms. The van der Waals surface area contributed by atoms with Crippen LogP contribution in [0, 0.1) is 0 Å². The van der Waals surface area contributed by atoms with Crippen LogP contribution in [0.1, 0.15) is 12.0 Å². The summed E-state index contributed by atoms with van der Waals surface area (Å²) >= 11 is 0. The van der Waals surface area contributed by atoms with Crippen molar-refractivity contribution in [2.24, 2.45) is 0 Å². The number of hydrogen-bond donors (Lipinski definition) is 1. The summed E-state index contributed by atoms with van der Waals surface area (Å²) in [6, 6.07) is 8.36. The van der Waals surface area contributed by atoms with E-state index in [0.29, 0.717) is 11.5 Å². The molecule has 5 heteroatoms. The largest absolute Gasteiger partial charge is 0.388 e. The second-order valence-electron chi connectivity index (χ2n) is 4.92. The van der Waals surface area contributed by atoms with Gasteiger partial charge in [0.2, 0.25) is 0 Å². The predicted octanol–water partition coefficient (Wildman–Crippen LogP) is 1.35. The highest BCUT2D eigenvalue weighted by Crippen LogP contribution is 2.19. The smallest absolute Gasteiger partial charge is 0.151 e. The summed E-state index contributed by atoms with van der Waals surface area (Å²) in [5, 5.41) is 3.11. The fourth-order valence-electron chi connectivity index (χ4n) is 2.37. The maximum absolute atomic E-state index is 11.5. The van der Waals surface area contributed by atoms with Crippen LogP contribution in [0.25, 0.3) is 0 Å². The molecule has 1 aromatic carbocycles. The van der Waals surface area contributed by atoms with E-state index in [0.717, 1.165) is 18.7 Å². The van der Waals surface area contributed by atoms with Crippen LogP contribution in [-0.2, 0) is 16.4 Å². The Morgan fingerprint density at radius 1 is 1.44 bits per heavy atom. The standard InChI is InChI=1S/C13H20N2O2S/c1-14-12-5-3-4-11(8-12)9-15(2)13-6-7-18(16,17)10-13/h3-5,8,13-14H,6-7,9-10H2,1-2H3. The Morgan fingerprint density at radius 2 is 2.22 bits per heavy atom. The molecule has 100 valence electrons. The van der Waals surface area contributed by atoms with Crippen LogP contribution in [0.5, 0.6) is 0 Å². The minimum atomic E-state index is -2.80. The summed E-state index contributed by atoms with van der Waals surface area (Å²) in [5.74, 6) is 0.633. The Balaban J connectivity index is 2.01. The molecule has 0 spiro atoms. The highest BCUT2D eigenvalue weighted by molar-refractivity contribution is 7.91. The van der Waals surface area contributed by atoms with Crippen molar-refractivity contribution in [3.8, 4) is 0 Å². The Kier molecular flexibility index (Phi) is 3.92. The number of hydrogen-bond acceptors (Lipinski definition) is 4. The molecular formula is C13H20N2O2S. The van der Waals surface area contributed by atoms with Gasteiger partial charge in [0.15, 0.2) is 9.84 Å². The zero-order chi connectivity index (χ0) is 13.2. The molecule has 1 atom stereocenters. The molecule has 0 saturated carbocycles. The molecule has 0 bridgehead atoms. The normalized spacial score (nSPS) is 22.3. The van der Waals surface area contributed by atoms with Crippen molar-refractivity contribution in [3.05, 3.63) is 29.8 Å². The fraction of sp³-hybridized carbons (Fsp3) is 0.538. The van der Waals surface area contributed by atoms with E-state index in [1.807, 2.05) is 26.2 Å². The van der Waals surface area contributed by atoms with E-state index in [4.69, 9.17) is 0 Å². The van der Waals surface area contributed by atoms with Crippen molar-refractivity contribution in [2.75, 3.05) is 30.9 Å². The van der Waals surface area contributed by atoms with Gasteiger partial charge >= 0.3 is 0 Å². The second-order valence-corrected chi connectivity index (χ2v) is 7.15. The minimum absolute atomic E-state index is 0.160. The van der Waals surface area contributed by atoms with Gasteiger partial charge in [-0.3, -0.25) is 4.90 Å². The highest BCUT2D eigenvalue weighted by atomic mass is 32.2. The zero-order valence-electron chi connectivity index (χ0n) is 10.9. The maximum Gasteiger partial charge on any atom is 0.151 e. The van der Waals surface area contributed by atoms with E-state index < -0.39 is 9.84 Å². The first-order valence-corrected chi connectivity index (χ1v) is 8.00. The van der Waals surface area contributed by atoms with E-state index in [2.05, 4.69) is 22.3 Å². The second kappa shape index (κ2) is 5.28. The van der Waals surface area contributed by atoms with Crippen molar-refractivity contribution in [1.82, 2.24) is 4.90 Å². The van der Waals surface area contributed by atoms with Crippen molar-refractivity contribution in [1.29, 1.82) is 0 Å². The van der Waals surface area contributed by atoms with Crippen LogP contribution >= 0.6 is 0 Å². The number of benzene rings is 1. The maximum atomic E-state index is 11.5. The molecule has 1 aliphatic rings. The third-order valence-corrected chi connectivity index (χ3v) is 5.23. The van der Waals surface area contributed by atoms with Crippen molar-refractivity contribution in [3.63, 3.8) is 0 Å². The first-order valence-electron chi connectivity index (χ1n) is 6.17. The Bertz CT molecular complexity index is 513. The summed E-state index contributed by atoms with van der Waals surface area (Å²) in [7, 11) is 1.09. The topological polar surface area (TPSA) is 49.4 Å². The van der Waals surface area contributed by atoms with Crippen LogP contribution in [0.2, 0.25) is 0 Å². The van der Waals surface area contributed by atoms with Gasteiger partial charge in [0.1, 0.15) is 0 Å². The third kappa shape index (κ3) is 3.23. The molecule has 0 aliphatic carbocycles. The van der Waals surface area contributed by atoms with Crippen LogP contribution < -0.4 is 5.32 Å². The van der Waals surface area contributed by atoms with Crippen molar-refractivity contribution < 1.29 is 8.42 Å². The Hall–Kier alpha value is -1.07. The molecule has 1 aromatic rings. The lowest BCUT2D eigenvalue weighted by atomic mass is 10.1. The summed E-state index contributed by atoms with van der Waals surface area (Å²) in [5.41, 5.74) is 2.29. The average Bonchev–Trinajstić information content (AvgIpc) is 2.70. The molecule has 4 nitrogen and oxygen atoms in total. The summed E-state index contributed by atoms with van der Waals surface area (Å²) in [6.45, 7) is 0.787. The lowest BCUT2D eigenvalue weighted by Gasteiger charge is -2.23. The monoisotopic (exact) mass is 268 g/mol. The van der Waals surface area contributed by atoms with Gasteiger partial charge in [-0.2, -0.15) is 0 Å². The summed E-state index contributed by atoms with van der Waals surface area (Å²) < 4.78 is 22.9. The van der Waals surface area contributed by atoms with Crippen LogP contribution in [0.15, 0.2) is 24.3 Å². The lowest BCUT2D eigenvalue weighted by Crippen LogP contribution is -2.32. The lowest BCUT2D eigenvalue weighted by molar-refractivity contribution is 0.254. The molecule has 1 saturated heterocycles. The number of sulfone groups is 1. The van der Waals surface area contributed by atoms with Gasteiger partial charge in [-0.1, -0.05) is 12.1 Å². The molecule has 0 radical (unpaired) electrons. The fourth-order valence-corrected chi connectivity index (χ4v) is 4.17. The molecule has 0 aromatic heterocycles. The summed E-state index contributed by atoms with van der Waals surface area (Å²) in [4.78, 5) is 2.14. The van der Waals surface area contributed by atoms with E-state index in [1.54, 1.807) is 0 Å². The minimum Gasteiger partial charge on any atom is -0.388 e. The molecule has 1 heterocycles. The first kappa shape index (κ1) is 13.4. The SMILES string of the molecule is CNc1cccc(CN(C)C2CCS(=O)(=O)C2)c1. The van der Waals surface area contributed by atoms with Crippen LogP contribution in [0.4, 0.5) is 5.69 Å². The molecule has 1 N–H and O–H groups in total. The van der Waals surface area contributed by atoms with Crippen LogP contribution in [0.3, 0.4) is 0 Å². The van der Waals surface area contributed by atoms with Gasteiger partial charge in [-0.25, -0.2) is 8.42 Å². The van der Waals surface area contributed by atoms with Gasteiger partial charge in [0.05, 0.1) is 11.5 Å². The number of rotatable bonds is 4. The number of anilines is 1. The molecule has 0 amide bonds. The molecule has 1 aliphatic heterocycles. The van der Waals surface area contributed by atoms with E-state index in [-0.39, 0.29) is 6.04 Å². The van der Waals surface area contributed by atoms with Gasteiger partial charge in [-0.15, -0.1) is 0 Å². The van der Waals surface area contributed by atoms with Gasteiger partial charge < -0.3 is 5.32 Å². The quantitative estimate of drug-likeness (QED) is 0.895. The zero-order valence-corrected chi connectivity index (χ0v) is 11.7. The molecular weight excluding hydrogens is 248 g/mol. The number of nitrogens with one attached hydrogen (secondary N) is 1. The Labute approximate surface area is 109 Å². The number of nitrogens with zero attached hydrogens (tertiary/aromatic N) is 1. The average molecular weight is 268 g/mol. The van der Waals surface area contributed by atoms with Crippen molar-refractivity contribution >= 4 is 15.5 Å². The molecule has 1 unspecified atom stereocenters. The van der Waals surface area contributed by atoms with Gasteiger partial charge in [0, 0.05) is 25.3 Å². The first-order chi connectivity index (χ1) is 8.50. The van der Waals surface area contributed by atoms with Crippen molar-refractivity contribution in [2.45, 2.75) is 19.0 Å². The molecule has 1 fully saturated rings. The van der Waals surface area contributed by atoms with E-state index in [1.165, 1.54) is 5.56 Å². The predicted molar refractivity (Wildman–Crippen MR) is 74.5 cm³/mol. The molecule has 2 rings (SSSR count). The van der Waals surface area contributed by atoms with E-state index in [9.17, 15) is 8.42 Å². The highest BCUT2D eigenvalue weighted by Gasteiger charge is 2.30. The van der Waals surface area contributed by atoms with Crippen LogP contribution in [-0.4, -0.2) is 45.0 Å². The van der Waals surface area contributed by atoms with E-state index >= 15 is 0 Å². The Morgan fingerprint density at radius 3 is 2.83 bits per heavy atom. The van der Waals surface area contributed by atoms with Gasteiger partial charge in [-0.05, 0) is 31.2 Å².